The minimum Gasteiger partial charge on any atom is -0.492 e. The molecule has 9 nitrogen and oxygen atoms in total. The highest BCUT2D eigenvalue weighted by Crippen LogP contribution is 2.27. The number of hydrogen-bond donors (Lipinski definition) is 2. The number of anilines is 2. The van der Waals surface area contributed by atoms with Crippen LogP contribution in [0.25, 0.3) is 10.9 Å². The molecule has 30 heavy (non-hydrogen) atoms. The van der Waals surface area contributed by atoms with Gasteiger partial charge in [-0.1, -0.05) is 23.9 Å². The average Bonchev–Trinajstić information content (AvgIpc) is 2.73. The first kappa shape index (κ1) is 19.8. The van der Waals surface area contributed by atoms with E-state index in [-0.39, 0.29) is 11.5 Å². The summed E-state index contributed by atoms with van der Waals surface area (Å²) in [5, 5.41) is 4.52. The third-order valence-corrected chi connectivity index (χ3v) is 5.01. The zero-order valence-electron chi connectivity index (χ0n) is 16.4. The van der Waals surface area contributed by atoms with Gasteiger partial charge in [-0.2, -0.15) is 0 Å². The lowest BCUT2D eigenvalue weighted by Crippen LogP contribution is -2.13. The van der Waals surface area contributed by atoms with Crippen LogP contribution in [0.5, 0.6) is 5.75 Å². The largest absolute Gasteiger partial charge is 0.492 e. The predicted octanol–water partition coefficient (Wildman–Crippen LogP) is 3.25. The van der Waals surface area contributed by atoms with E-state index in [9.17, 15) is 4.79 Å². The van der Waals surface area contributed by atoms with Crippen molar-refractivity contribution in [3.8, 4) is 5.75 Å². The van der Waals surface area contributed by atoms with Crippen molar-refractivity contribution in [1.82, 2.24) is 29.9 Å². The van der Waals surface area contributed by atoms with Gasteiger partial charge in [-0.15, -0.1) is 0 Å². The molecule has 0 bridgehead atoms. The lowest BCUT2D eigenvalue weighted by molar-refractivity contribution is 0.343. The Hall–Kier alpha value is -3.53. The second kappa shape index (κ2) is 8.87. The number of aromatic amines is 1. The van der Waals surface area contributed by atoms with Crippen molar-refractivity contribution in [3.63, 3.8) is 0 Å². The van der Waals surface area contributed by atoms with E-state index in [2.05, 4.69) is 35.2 Å². The zero-order valence-corrected chi connectivity index (χ0v) is 17.2. The Bertz CT molecular complexity index is 1230. The van der Waals surface area contributed by atoms with Crippen molar-refractivity contribution >= 4 is 34.6 Å². The van der Waals surface area contributed by atoms with Crippen molar-refractivity contribution in [2.24, 2.45) is 0 Å². The molecule has 0 aliphatic heterocycles. The topological polar surface area (TPSA) is 119 Å². The Morgan fingerprint density at radius 2 is 1.97 bits per heavy atom. The van der Waals surface area contributed by atoms with Gasteiger partial charge in [0.2, 0.25) is 11.9 Å². The first-order valence-corrected chi connectivity index (χ1v) is 10.3. The molecule has 2 N–H and O–H groups in total. The van der Waals surface area contributed by atoms with Crippen LogP contribution in [-0.2, 0) is 5.75 Å². The molecule has 0 saturated carbocycles. The summed E-state index contributed by atoms with van der Waals surface area (Å²) in [7, 11) is 0. The van der Waals surface area contributed by atoms with Crippen molar-refractivity contribution in [3.05, 3.63) is 64.5 Å². The molecule has 0 spiro atoms. The van der Waals surface area contributed by atoms with Gasteiger partial charge < -0.3 is 4.74 Å². The highest BCUT2D eigenvalue weighted by atomic mass is 32.2. The van der Waals surface area contributed by atoms with Crippen molar-refractivity contribution in [2.75, 3.05) is 11.9 Å². The molecule has 0 amide bonds. The van der Waals surface area contributed by atoms with Crippen LogP contribution in [0.3, 0.4) is 0 Å². The van der Waals surface area contributed by atoms with Crippen LogP contribution in [0.1, 0.15) is 18.3 Å². The van der Waals surface area contributed by atoms with Crippen molar-refractivity contribution < 1.29 is 4.74 Å². The van der Waals surface area contributed by atoms with Crippen LogP contribution >= 0.6 is 11.8 Å². The number of thioether (sulfide) groups is 1. The van der Waals surface area contributed by atoms with Gasteiger partial charge in [-0.25, -0.2) is 24.9 Å². The highest BCUT2D eigenvalue weighted by Gasteiger charge is 2.11. The maximum Gasteiger partial charge on any atom is 0.252 e. The van der Waals surface area contributed by atoms with Gasteiger partial charge in [0.15, 0.2) is 5.16 Å². The number of aromatic nitrogens is 6. The molecule has 0 saturated heterocycles. The van der Waals surface area contributed by atoms with Crippen LogP contribution in [0.15, 0.2) is 52.7 Å². The summed E-state index contributed by atoms with van der Waals surface area (Å²) in [6.45, 7) is 4.35. The van der Waals surface area contributed by atoms with E-state index in [1.165, 1.54) is 17.8 Å². The molecule has 152 valence electrons. The minimum absolute atomic E-state index is 0.264. The summed E-state index contributed by atoms with van der Waals surface area (Å²) in [6, 6.07) is 8.92. The van der Waals surface area contributed by atoms with E-state index >= 15 is 0 Å². The van der Waals surface area contributed by atoms with Crippen LogP contribution in [0, 0.1) is 6.92 Å². The van der Waals surface area contributed by atoms with E-state index in [0.717, 1.165) is 11.1 Å². The molecular formula is C20H19N7O2S. The fraction of sp³-hybridized carbons (Fsp3) is 0.200. The van der Waals surface area contributed by atoms with Gasteiger partial charge in [0.25, 0.3) is 5.56 Å². The average molecular weight is 421 g/mol. The van der Waals surface area contributed by atoms with Crippen molar-refractivity contribution in [1.29, 1.82) is 0 Å². The molecule has 0 fully saturated rings. The van der Waals surface area contributed by atoms with Crippen LogP contribution in [-0.4, -0.2) is 36.5 Å². The number of ether oxygens (including phenoxy) is 1. The lowest BCUT2D eigenvalue weighted by Gasteiger charge is -2.11. The normalized spacial score (nSPS) is 10.9. The van der Waals surface area contributed by atoms with E-state index in [1.807, 2.05) is 32.0 Å². The molecule has 0 aliphatic carbocycles. The summed E-state index contributed by atoms with van der Waals surface area (Å²) < 4.78 is 5.69. The standard InChI is InChI=1S/C20H19N7O2S/c1-3-29-15-7-4-6-14-12(2)23-18(26-17(14)15)27-19-24-13(10-16(28)25-19)11-30-20-21-8-5-9-22-20/h4-10H,3,11H2,1-2H3,(H2,23,24,25,26,27,28). The first-order valence-electron chi connectivity index (χ1n) is 9.29. The molecule has 3 heterocycles. The van der Waals surface area contributed by atoms with Crippen LogP contribution in [0.4, 0.5) is 11.9 Å². The zero-order chi connectivity index (χ0) is 20.9. The summed E-state index contributed by atoms with van der Waals surface area (Å²) in [4.78, 5) is 36.6. The number of fused-ring (bicyclic) bond motifs is 1. The Morgan fingerprint density at radius 3 is 2.77 bits per heavy atom. The maximum absolute atomic E-state index is 12.1. The van der Waals surface area contributed by atoms with Crippen LogP contribution < -0.4 is 15.6 Å². The van der Waals surface area contributed by atoms with E-state index in [1.54, 1.807) is 18.5 Å². The number of H-pyrrole nitrogens is 1. The SMILES string of the molecule is CCOc1cccc2c(C)nc(Nc3nc(CSc4ncccn4)cc(=O)[nH]3)nc12. The molecule has 10 heteroatoms. The Labute approximate surface area is 176 Å². The van der Waals surface area contributed by atoms with Gasteiger partial charge >= 0.3 is 0 Å². The number of nitrogens with one attached hydrogen (secondary N) is 2. The number of rotatable bonds is 7. The minimum atomic E-state index is -0.274. The monoisotopic (exact) mass is 421 g/mol. The van der Waals surface area contributed by atoms with Gasteiger partial charge in [0, 0.05) is 29.6 Å². The molecule has 0 aliphatic rings. The highest BCUT2D eigenvalue weighted by molar-refractivity contribution is 7.98. The van der Waals surface area contributed by atoms with Crippen LogP contribution in [0.2, 0.25) is 0 Å². The van der Waals surface area contributed by atoms with Gasteiger partial charge in [-0.3, -0.25) is 15.1 Å². The van der Waals surface area contributed by atoms with Gasteiger partial charge in [0.1, 0.15) is 11.3 Å². The molecule has 0 unspecified atom stereocenters. The summed E-state index contributed by atoms with van der Waals surface area (Å²) in [5.74, 6) is 1.72. The molecular weight excluding hydrogens is 402 g/mol. The smallest absolute Gasteiger partial charge is 0.252 e. The van der Waals surface area contributed by atoms with E-state index in [4.69, 9.17) is 4.74 Å². The fourth-order valence-electron chi connectivity index (χ4n) is 2.85. The van der Waals surface area contributed by atoms with E-state index in [0.29, 0.717) is 40.4 Å². The Balaban J connectivity index is 1.61. The predicted molar refractivity (Wildman–Crippen MR) is 115 cm³/mol. The number of aryl methyl sites for hydroxylation is 1. The molecule has 4 rings (SSSR count). The second-order valence-electron chi connectivity index (χ2n) is 6.25. The van der Waals surface area contributed by atoms with Gasteiger partial charge in [0.05, 0.1) is 18.0 Å². The molecule has 0 atom stereocenters. The second-order valence-corrected chi connectivity index (χ2v) is 7.19. The van der Waals surface area contributed by atoms with E-state index < -0.39 is 0 Å². The Kier molecular flexibility index (Phi) is 5.84. The summed E-state index contributed by atoms with van der Waals surface area (Å²) >= 11 is 1.40. The van der Waals surface area contributed by atoms with Gasteiger partial charge in [-0.05, 0) is 26.0 Å². The lowest BCUT2D eigenvalue weighted by atomic mass is 10.2. The molecule has 3 aromatic heterocycles. The molecule has 4 aromatic rings. The quantitative estimate of drug-likeness (QED) is 0.342. The summed E-state index contributed by atoms with van der Waals surface area (Å²) in [6.07, 6.45) is 3.34. The van der Waals surface area contributed by atoms with Crippen molar-refractivity contribution in [2.45, 2.75) is 24.8 Å². The number of hydrogen-bond acceptors (Lipinski definition) is 9. The number of benzene rings is 1. The maximum atomic E-state index is 12.1. The first-order chi connectivity index (χ1) is 14.6. The molecule has 0 radical (unpaired) electrons. The third kappa shape index (κ3) is 4.54. The number of para-hydroxylation sites is 1. The molecule has 1 aromatic carbocycles. The fourth-order valence-corrected chi connectivity index (χ4v) is 3.55. The summed E-state index contributed by atoms with van der Waals surface area (Å²) in [5.41, 5.74) is 1.81. The number of nitrogens with zero attached hydrogens (tertiary/aromatic N) is 5. The Morgan fingerprint density at radius 1 is 1.13 bits per heavy atom. The third-order valence-electron chi connectivity index (χ3n) is 4.10.